The van der Waals surface area contributed by atoms with Crippen molar-refractivity contribution in [2.75, 3.05) is 0 Å². The molecule has 3 aromatic rings. The van der Waals surface area contributed by atoms with Crippen LogP contribution in [0.4, 0.5) is 5.69 Å². The SMILES string of the molecule is O=[N+]([O-])c1ccc2nc(SC3(Cc4cccs4)N=NN=N3)sc2c1. The van der Waals surface area contributed by atoms with Crippen molar-refractivity contribution in [3.63, 3.8) is 0 Å². The number of nitro groups is 1. The summed E-state index contributed by atoms with van der Waals surface area (Å²) >= 11 is 4.36. The third kappa shape index (κ3) is 2.92. The van der Waals surface area contributed by atoms with Gasteiger partial charge in [-0.15, -0.1) is 32.9 Å². The predicted octanol–water partition coefficient (Wildman–Crippen LogP) is 5.09. The summed E-state index contributed by atoms with van der Waals surface area (Å²) in [5.74, 6) is 0. The Morgan fingerprint density at radius 1 is 1.25 bits per heavy atom. The topological polar surface area (TPSA) is 105 Å². The van der Waals surface area contributed by atoms with Crippen LogP contribution in [0, 0.1) is 10.1 Å². The van der Waals surface area contributed by atoms with Gasteiger partial charge in [-0.25, -0.2) is 4.98 Å². The highest BCUT2D eigenvalue weighted by Gasteiger charge is 2.36. The summed E-state index contributed by atoms with van der Waals surface area (Å²) in [5, 5.41) is 28.5. The number of thiazole rings is 1. The van der Waals surface area contributed by atoms with Gasteiger partial charge in [-0.2, -0.15) is 0 Å². The molecular weight excluding hydrogens is 368 g/mol. The van der Waals surface area contributed by atoms with Crippen LogP contribution in [0.2, 0.25) is 0 Å². The van der Waals surface area contributed by atoms with Crippen LogP contribution in [0.25, 0.3) is 10.2 Å². The fourth-order valence-electron chi connectivity index (χ4n) is 2.18. The lowest BCUT2D eigenvalue weighted by Crippen LogP contribution is -2.19. The first-order valence-electron chi connectivity index (χ1n) is 6.74. The number of hydrogen-bond acceptors (Lipinski definition) is 10. The fourth-order valence-corrected chi connectivity index (χ4v) is 5.41. The number of rotatable bonds is 5. The number of hydrogen-bond donors (Lipinski definition) is 0. The average molecular weight is 376 g/mol. The molecule has 0 aliphatic carbocycles. The van der Waals surface area contributed by atoms with Crippen molar-refractivity contribution in [2.45, 2.75) is 15.8 Å². The predicted molar refractivity (Wildman–Crippen MR) is 92.6 cm³/mol. The lowest BCUT2D eigenvalue weighted by Gasteiger charge is -2.16. The zero-order valence-electron chi connectivity index (χ0n) is 11.9. The summed E-state index contributed by atoms with van der Waals surface area (Å²) in [4.78, 5) is 15.3. The molecule has 0 bridgehead atoms. The highest BCUT2D eigenvalue weighted by atomic mass is 32.2. The van der Waals surface area contributed by atoms with Crippen LogP contribution in [-0.2, 0) is 6.42 Å². The van der Waals surface area contributed by atoms with E-state index in [1.165, 1.54) is 35.2 Å². The summed E-state index contributed by atoms with van der Waals surface area (Å²) < 4.78 is 1.48. The van der Waals surface area contributed by atoms with E-state index in [9.17, 15) is 10.1 Å². The van der Waals surface area contributed by atoms with E-state index < -0.39 is 9.92 Å². The van der Waals surface area contributed by atoms with Crippen LogP contribution in [0.15, 0.2) is 60.7 Å². The zero-order chi connectivity index (χ0) is 16.6. The van der Waals surface area contributed by atoms with E-state index in [0.29, 0.717) is 11.9 Å². The molecule has 0 saturated carbocycles. The number of benzene rings is 1. The van der Waals surface area contributed by atoms with Gasteiger partial charge in [0.05, 0.1) is 15.1 Å². The molecular formula is C13H8N6O2S3. The summed E-state index contributed by atoms with van der Waals surface area (Å²) in [6, 6.07) is 8.61. The van der Waals surface area contributed by atoms with Gasteiger partial charge >= 0.3 is 0 Å². The van der Waals surface area contributed by atoms with Crippen LogP contribution >= 0.6 is 34.4 Å². The van der Waals surface area contributed by atoms with Crippen molar-refractivity contribution < 1.29 is 4.92 Å². The van der Waals surface area contributed by atoms with E-state index in [2.05, 4.69) is 25.7 Å². The third-order valence-corrected chi connectivity index (χ3v) is 6.33. The molecule has 24 heavy (non-hydrogen) atoms. The van der Waals surface area contributed by atoms with Crippen molar-refractivity contribution in [3.05, 3.63) is 50.7 Å². The fraction of sp³-hybridized carbons (Fsp3) is 0.154. The molecule has 1 aliphatic rings. The monoisotopic (exact) mass is 376 g/mol. The first-order chi connectivity index (χ1) is 11.6. The van der Waals surface area contributed by atoms with E-state index in [-0.39, 0.29) is 5.69 Å². The molecule has 3 heterocycles. The van der Waals surface area contributed by atoms with Crippen LogP contribution in [0.1, 0.15) is 4.88 Å². The zero-order valence-corrected chi connectivity index (χ0v) is 14.3. The number of thioether (sulfide) groups is 1. The quantitative estimate of drug-likeness (QED) is 0.457. The summed E-state index contributed by atoms with van der Waals surface area (Å²) in [6.45, 7) is 0. The van der Waals surface area contributed by atoms with Gasteiger partial charge in [-0.1, -0.05) is 6.07 Å². The summed E-state index contributed by atoms with van der Waals surface area (Å²) in [6.07, 6.45) is 0.568. The van der Waals surface area contributed by atoms with Crippen molar-refractivity contribution in [3.8, 4) is 0 Å². The Morgan fingerprint density at radius 2 is 2.08 bits per heavy atom. The second kappa shape index (κ2) is 6.00. The lowest BCUT2D eigenvalue weighted by atomic mass is 10.3. The Hall–Kier alpha value is -2.24. The molecule has 0 saturated heterocycles. The molecule has 11 heteroatoms. The molecule has 0 N–H and O–H groups in total. The number of nitro benzene ring substituents is 1. The second-order valence-electron chi connectivity index (χ2n) is 4.87. The number of non-ortho nitro benzene ring substituents is 1. The Bertz CT molecular complexity index is 953. The van der Waals surface area contributed by atoms with E-state index in [1.54, 1.807) is 17.4 Å². The Balaban J connectivity index is 1.65. The molecule has 1 aromatic carbocycles. The van der Waals surface area contributed by atoms with E-state index in [4.69, 9.17) is 0 Å². The molecule has 0 spiro atoms. The van der Waals surface area contributed by atoms with Gasteiger partial charge in [-0.3, -0.25) is 10.1 Å². The second-order valence-corrected chi connectivity index (χ2v) is 8.44. The maximum absolute atomic E-state index is 10.9. The number of thiophene rings is 1. The minimum atomic E-state index is -0.856. The number of nitrogens with zero attached hydrogens (tertiary/aromatic N) is 6. The van der Waals surface area contributed by atoms with Gasteiger partial charge < -0.3 is 0 Å². The van der Waals surface area contributed by atoms with Gasteiger partial charge in [0.25, 0.3) is 10.7 Å². The van der Waals surface area contributed by atoms with E-state index in [1.807, 2.05) is 17.5 Å². The first kappa shape index (κ1) is 15.3. The molecule has 1 aliphatic heterocycles. The summed E-state index contributed by atoms with van der Waals surface area (Å²) in [7, 11) is 0. The Morgan fingerprint density at radius 3 is 2.79 bits per heavy atom. The third-order valence-electron chi connectivity index (χ3n) is 3.24. The standard InChI is InChI=1S/C13H8N6O2S3/c20-19(21)8-3-4-10-11(6-8)23-12(14-10)24-13(15-17-18-16-13)7-9-2-1-5-22-9/h1-6H,7H2. The summed E-state index contributed by atoms with van der Waals surface area (Å²) in [5.41, 5.74) is 0.766. The van der Waals surface area contributed by atoms with Crippen LogP contribution in [0.5, 0.6) is 0 Å². The molecule has 0 unspecified atom stereocenters. The maximum Gasteiger partial charge on any atom is 0.270 e. The highest BCUT2D eigenvalue weighted by molar-refractivity contribution is 8.02. The molecule has 0 amide bonds. The first-order valence-corrected chi connectivity index (χ1v) is 9.25. The molecule has 0 atom stereocenters. The molecule has 120 valence electrons. The largest absolute Gasteiger partial charge is 0.270 e. The van der Waals surface area contributed by atoms with Crippen molar-refractivity contribution in [1.29, 1.82) is 0 Å². The van der Waals surface area contributed by atoms with Gasteiger partial charge in [0.15, 0.2) is 4.34 Å². The lowest BCUT2D eigenvalue weighted by molar-refractivity contribution is -0.384. The van der Waals surface area contributed by atoms with Crippen LogP contribution in [0.3, 0.4) is 0 Å². The van der Waals surface area contributed by atoms with Crippen molar-refractivity contribution in [2.24, 2.45) is 20.7 Å². The van der Waals surface area contributed by atoms with Crippen molar-refractivity contribution in [1.82, 2.24) is 4.98 Å². The normalized spacial score (nSPS) is 15.3. The highest BCUT2D eigenvalue weighted by Crippen LogP contribution is 2.44. The van der Waals surface area contributed by atoms with Gasteiger partial charge in [0.1, 0.15) is 0 Å². The smallest absolute Gasteiger partial charge is 0.258 e. The van der Waals surface area contributed by atoms with Gasteiger partial charge in [-0.05, 0) is 39.7 Å². The van der Waals surface area contributed by atoms with Crippen LogP contribution < -0.4 is 0 Å². The minimum absolute atomic E-state index is 0.0521. The maximum atomic E-state index is 10.9. The molecule has 8 nitrogen and oxygen atoms in total. The number of fused-ring (bicyclic) bond motifs is 1. The minimum Gasteiger partial charge on any atom is -0.258 e. The Kier molecular flexibility index (Phi) is 3.82. The van der Waals surface area contributed by atoms with Gasteiger partial charge in [0.2, 0.25) is 0 Å². The Labute approximate surface area is 147 Å². The average Bonchev–Trinajstić information content (AvgIpc) is 3.28. The van der Waals surface area contributed by atoms with Crippen molar-refractivity contribution >= 4 is 50.3 Å². The van der Waals surface area contributed by atoms with E-state index in [0.717, 1.165) is 13.9 Å². The van der Waals surface area contributed by atoms with Gasteiger partial charge in [0, 0.05) is 23.4 Å². The number of aromatic nitrogens is 1. The van der Waals surface area contributed by atoms with Crippen LogP contribution in [-0.4, -0.2) is 14.9 Å². The molecule has 2 aromatic heterocycles. The molecule has 0 radical (unpaired) electrons. The molecule has 4 rings (SSSR count). The molecule has 0 fully saturated rings. The van der Waals surface area contributed by atoms with E-state index >= 15 is 0 Å².